The van der Waals surface area contributed by atoms with E-state index >= 15 is 0 Å². The lowest BCUT2D eigenvalue weighted by molar-refractivity contribution is -0.868. The van der Waals surface area contributed by atoms with E-state index < -0.39 is 20.3 Å². The molecule has 31 heavy (non-hydrogen) atoms. The van der Waals surface area contributed by atoms with Crippen molar-refractivity contribution in [2.24, 2.45) is 11.8 Å². The molecule has 0 aliphatic rings. The van der Waals surface area contributed by atoms with Gasteiger partial charge in [0.05, 0.1) is 46.4 Å². The fraction of sp³-hybridized carbons (Fsp3) is 0.957. The molecule has 0 spiro atoms. The zero-order valence-corrected chi connectivity index (χ0v) is 21.7. The van der Waals surface area contributed by atoms with E-state index in [-0.39, 0.29) is 24.7 Å². The highest BCUT2D eigenvalue weighted by molar-refractivity contribution is 7.51. The molecule has 0 aromatic rings. The molecule has 0 aromatic carbocycles. The van der Waals surface area contributed by atoms with Crippen molar-refractivity contribution in [1.29, 1.82) is 0 Å². The maximum absolute atomic E-state index is 12.1. The van der Waals surface area contributed by atoms with E-state index in [0.717, 1.165) is 25.2 Å². The molecule has 0 bridgehead atoms. The first-order valence-electron chi connectivity index (χ1n) is 11.9. The van der Waals surface area contributed by atoms with E-state index in [0.29, 0.717) is 11.0 Å². The molecule has 0 radical (unpaired) electrons. The van der Waals surface area contributed by atoms with Crippen LogP contribution in [0.5, 0.6) is 0 Å². The Balaban J connectivity index is 3.82. The van der Waals surface area contributed by atoms with Crippen molar-refractivity contribution >= 4 is 13.6 Å². The average molecular weight is 466 g/mol. The summed E-state index contributed by atoms with van der Waals surface area (Å²) in [5.41, 5.74) is 0. The highest BCUT2D eigenvalue weighted by Gasteiger charge is 2.19. The zero-order valence-electron chi connectivity index (χ0n) is 20.8. The van der Waals surface area contributed by atoms with Crippen molar-refractivity contribution in [3.8, 4) is 0 Å². The van der Waals surface area contributed by atoms with Gasteiger partial charge in [-0.3, -0.25) is 4.79 Å². The number of aliphatic hydroxyl groups excluding tert-OH is 1. The Morgan fingerprint density at radius 2 is 1.45 bits per heavy atom. The Kier molecular flexibility index (Phi) is 16.0. The lowest BCUT2D eigenvalue weighted by Crippen LogP contribution is -2.38. The van der Waals surface area contributed by atoms with E-state index in [1.807, 2.05) is 28.1 Å². The van der Waals surface area contributed by atoms with Gasteiger partial charge < -0.3 is 28.3 Å². The van der Waals surface area contributed by atoms with Crippen molar-refractivity contribution in [2.45, 2.75) is 84.7 Å². The molecule has 1 N–H and O–H groups in total. The summed E-state index contributed by atoms with van der Waals surface area (Å²) in [4.78, 5) is 23.9. The minimum atomic E-state index is -4.01. The van der Waals surface area contributed by atoms with Gasteiger partial charge in [-0.15, -0.1) is 0 Å². The van der Waals surface area contributed by atoms with Gasteiger partial charge in [-0.1, -0.05) is 72.1 Å². The predicted octanol–water partition coefficient (Wildman–Crippen LogP) is 3.97. The smallest absolute Gasteiger partial charge is 0.308 e. The van der Waals surface area contributed by atoms with E-state index in [1.54, 1.807) is 0 Å². The van der Waals surface area contributed by atoms with Gasteiger partial charge in [-0.05, 0) is 12.3 Å². The topological polar surface area (TPSA) is 95.9 Å². The highest BCUT2D eigenvalue weighted by Crippen LogP contribution is 2.36. The molecule has 0 amide bonds. The number of unbranched alkanes of at least 4 members (excludes halogenated alkanes) is 6. The Hall–Kier alpha value is -0.460. The number of quaternary nitrogens is 1. The maximum atomic E-state index is 12.1. The Bertz CT molecular complexity index is 521. The molecular formula is C23H48NO6P. The first kappa shape index (κ1) is 30.5. The van der Waals surface area contributed by atoms with E-state index in [9.17, 15) is 19.4 Å². The number of rotatable bonds is 19. The largest absolute Gasteiger partial charge is 0.778 e. The van der Waals surface area contributed by atoms with Crippen molar-refractivity contribution in [3.63, 3.8) is 0 Å². The van der Waals surface area contributed by atoms with Crippen LogP contribution in [0.15, 0.2) is 0 Å². The van der Waals surface area contributed by atoms with E-state index in [1.165, 1.54) is 38.5 Å². The fourth-order valence-corrected chi connectivity index (χ4v) is 4.43. The standard InChI is InChI=1S/C23H48NO6P/c1-20(2)14-12-10-8-7-9-11-13-15-21(3)23(26)29-18-22(25)19-30-31(27,28)17-16-24(4,5)6/h20-22,25H,7-19H2,1-6H3/t21?,22-/m1/s1. The summed E-state index contributed by atoms with van der Waals surface area (Å²) in [5, 5.41) is 9.87. The van der Waals surface area contributed by atoms with Gasteiger partial charge in [0, 0.05) is 0 Å². The maximum Gasteiger partial charge on any atom is 0.308 e. The summed E-state index contributed by atoms with van der Waals surface area (Å²) in [6.45, 7) is 6.13. The van der Waals surface area contributed by atoms with Crippen LogP contribution in [-0.2, 0) is 18.6 Å². The van der Waals surface area contributed by atoms with Crippen molar-refractivity contribution < 1.29 is 33.1 Å². The molecule has 3 atom stereocenters. The predicted molar refractivity (Wildman–Crippen MR) is 124 cm³/mol. The number of hydrogen-bond acceptors (Lipinski definition) is 6. The number of carbonyl (C=O) groups is 1. The van der Waals surface area contributed by atoms with Crippen molar-refractivity contribution in [1.82, 2.24) is 0 Å². The van der Waals surface area contributed by atoms with Gasteiger partial charge >= 0.3 is 5.97 Å². The SMILES string of the molecule is CC(C)CCCCCCCCCC(C)C(=O)OC[C@@H](O)COP(=O)([O-])CC[N+](C)(C)C. The summed E-state index contributed by atoms with van der Waals surface area (Å²) in [5.74, 6) is 0.207. The second kappa shape index (κ2) is 16.2. The molecule has 0 heterocycles. The molecule has 8 heteroatoms. The third-order valence-corrected chi connectivity index (χ3v) is 6.54. The number of nitrogens with zero attached hydrogens (tertiary/aromatic N) is 1. The fourth-order valence-electron chi connectivity index (χ4n) is 3.06. The van der Waals surface area contributed by atoms with Crippen LogP contribution in [0, 0.1) is 11.8 Å². The summed E-state index contributed by atoms with van der Waals surface area (Å²) < 4.78 is 22.4. The summed E-state index contributed by atoms with van der Waals surface area (Å²) in [6.07, 6.45) is 9.29. The van der Waals surface area contributed by atoms with Gasteiger partial charge in [0.25, 0.3) is 0 Å². The number of carbonyl (C=O) groups excluding carboxylic acids is 1. The van der Waals surface area contributed by atoms with Crippen LogP contribution < -0.4 is 4.89 Å². The monoisotopic (exact) mass is 465 g/mol. The first-order valence-corrected chi connectivity index (χ1v) is 13.6. The lowest BCUT2D eigenvalue weighted by atomic mass is 10.0. The molecule has 0 fully saturated rings. The molecule has 0 rings (SSSR count). The van der Waals surface area contributed by atoms with Crippen LogP contribution in [0.2, 0.25) is 0 Å². The van der Waals surface area contributed by atoms with Gasteiger partial charge in [0.15, 0.2) is 0 Å². The number of ether oxygens (including phenoxy) is 1. The summed E-state index contributed by atoms with van der Waals surface area (Å²) in [7, 11) is 1.67. The molecule has 0 saturated heterocycles. The molecule has 2 unspecified atom stereocenters. The third-order valence-electron chi connectivity index (χ3n) is 5.25. The normalized spacial score (nSPS) is 16.2. The number of esters is 1. The molecule has 0 aliphatic carbocycles. The van der Waals surface area contributed by atoms with Gasteiger partial charge in [0.2, 0.25) is 0 Å². The van der Waals surface area contributed by atoms with Crippen LogP contribution in [0.25, 0.3) is 0 Å². The molecule has 0 aliphatic heterocycles. The van der Waals surface area contributed by atoms with Crippen LogP contribution in [0.1, 0.15) is 78.6 Å². The van der Waals surface area contributed by atoms with Gasteiger partial charge in [0.1, 0.15) is 20.3 Å². The second-order valence-electron chi connectivity index (χ2n) is 10.3. The minimum absolute atomic E-state index is 0.0992. The Morgan fingerprint density at radius 3 is 1.97 bits per heavy atom. The van der Waals surface area contributed by atoms with E-state index in [2.05, 4.69) is 13.8 Å². The summed E-state index contributed by atoms with van der Waals surface area (Å²) >= 11 is 0. The highest BCUT2D eigenvalue weighted by atomic mass is 31.2. The molecule has 0 aromatic heterocycles. The Morgan fingerprint density at radius 1 is 0.935 bits per heavy atom. The zero-order chi connectivity index (χ0) is 23.9. The quantitative estimate of drug-likeness (QED) is 0.134. The van der Waals surface area contributed by atoms with Crippen molar-refractivity contribution in [2.75, 3.05) is 47.1 Å². The van der Waals surface area contributed by atoms with E-state index in [4.69, 9.17) is 9.26 Å². The molecule has 186 valence electrons. The van der Waals surface area contributed by atoms with Crippen molar-refractivity contribution in [3.05, 3.63) is 0 Å². The summed E-state index contributed by atoms with van der Waals surface area (Å²) in [6, 6.07) is 0. The number of aliphatic hydroxyl groups is 1. The van der Waals surface area contributed by atoms with Crippen LogP contribution >= 0.6 is 7.60 Å². The minimum Gasteiger partial charge on any atom is -0.778 e. The van der Waals surface area contributed by atoms with Gasteiger partial charge in [-0.2, -0.15) is 0 Å². The average Bonchev–Trinajstić information content (AvgIpc) is 2.67. The number of hydrogen-bond donors (Lipinski definition) is 1. The molecular weight excluding hydrogens is 417 g/mol. The molecule has 0 saturated carbocycles. The van der Waals surface area contributed by atoms with Crippen LogP contribution in [0.4, 0.5) is 0 Å². The molecule has 7 nitrogen and oxygen atoms in total. The van der Waals surface area contributed by atoms with Crippen LogP contribution in [-0.4, -0.2) is 68.7 Å². The Labute approximate surface area is 190 Å². The third kappa shape index (κ3) is 19.9. The lowest BCUT2D eigenvalue weighted by Gasteiger charge is -2.29. The second-order valence-corrected chi connectivity index (χ2v) is 12.2. The van der Waals surface area contributed by atoms with Crippen LogP contribution in [0.3, 0.4) is 0 Å². The first-order chi connectivity index (χ1) is 14.3. The van der Waals surface area contributed by atoms with Gasteiger partial charge in [-0.25, -0.2) is 0 Å².